The number of nitrogens with one attached hydrogen (secondary N) is 1. The Balaban J connectivity index is 1.51. The molecule has 0 saturated carbocycles. The molecule has 0 spiro atoms. The summed E-state index contributed by atoms with van der Waals surface area (Å²) in [6.07, 6.45) is 4.69. The molecule has 6 nitrogen and oxygen atoms in total. The van der Waals surface area contributed by atoms with Crippen LogP contribution in [-0.2, 0) is 11.2 Å². The number of benzene rings is 2. The molecule has 0 bridgehead atoms. The fourth-order valence-electron chi connectivity index (χ4n) is 4.13. The predicted molar refractivity (Wildman–Crippen MR) is 130 cm³/mol. The predicted octanol–water partition coefficient (Wildman–Crippen LogP) is 5.11. The van der Waals surface area contributed by atoms with Gasteiger partial charge in [-0.3, -0.25) is 14.3 Å². The molecule has 1 aliphatic rings. The van der Waals surface area contributed by atoms with Gasteiger partial charge in [-0.15, -0.1) is 10.2 Å². The van der Waals surface area contributed by atoms with Crippen LogP contribution >= 0.6 is 11.8 Å². The second-order valence-electron chi connectivity index (χ2n) is 8.18. The van der Waals surface area contributed by atoms with Crippen LogP contribution in [0.25, 0.3) is 5.69 Å². The molecule has 0 aliphatic carbocycles. The minimum atomic E-state index is -0.0449. The molecule has 1 amide bonds. The van der Waals surface area contributed by atoms with E-state index >= 15 is 0 Å². The van der Waals surface area contributed by atoms with Crippen LogP contribution in [0.4, 0.5) is 5.69 Å². The van der Waals surface area contributed by atoms with E-state index < -0.39 is 0 Å². The maximum atomic E-state index is 12.6. The number of thioether (sulfide) groups is 1. The minimum absolute atomic E-state index is 0.0449. The molecule has 1 atom stereocenters. The first-order chi connectivity index (χ1) is 15.7. The zero-order valence-corrected chi connectivity index (χ0v) is 19.6. The van der Waals surface area contributed by atoms with Gasteiger partial charge < -0.3 is 5.32 Å². The third kappa shape index (κ3) is 5.40. The summed E-state index contributed by atoms with van der Waals surface area (Å²) in [4.78, 5) is 15.1. The number of amides is 1. The lowest BCUT2D eigenvalue weighted by molar-refractivity contribution is -0.113. The highest BCUT2D eigenvalue weighted by molar-refractivity contribution is 7.99. The van der Waals surface area contributed by atoms with E-state index in [2.05, 4.69) is 57.0 Å². The second-order valence-corrected chi connectivity index (χ2v) is 9.12. The van der Waals surface area contributed by atoms with E-state index in [0.717, 1.165) is 41.9 Å². The molecule has 1 saturated heterocycles. The maximum absolute atomic E-state index is 12.6. The number of likely N-dealkylation sites (tertiary alicyclic amines) is 1. The maximum Gasteiger partial charge on any atom is 0.234 e. The van der Waals surface area contributed by atoms with Crippen molar-refractivity contribution < 1.29 is 4.79 Å². The Hall–Kier alpha value is -2.64. The number of rotatable bonds is 8. The standard InChI is InChI=1S/C25H31N5OS/c1-3-20-11-10-12-21(17-20)26-23(31)18-32-25-28-27-24(19(2)29-15-8-5-9-16-29)30(25)22-13-6-4-7-14-22/h4,6-7,10-14,17,19H,3,5,8-9,15-16,18H2,1-2H3,(H,26,31). The van der Waals surface area contributed by atoms with E-state index in [0.29, 0.717) is 0 Å². The van der Waals surface area contributed by atoms with E-state index in [-0.39, 0.29) is 17.7 Å². The highest BCUT2D eigenvalue weighted by Crippen LogP contribution is 2.29. The number of anilines is 1. The molecule has 1 fully saturated rings. The number of nitrogens with zero attached hydrogens (tertiary/aromatic N) is 4. The zero-order chi connectivity index (χ0) is 22.3. The Labute approximate surface area is 194 Å². The van der Waals surface area contributed by atoms with Gasteiger partial charge in [-0.2, -0.15) is 0 Å². The summed E-state index contributed by atoms with van der Waals surface area (Å²) < 4.78 is 2.11. The van der Waals surface area contributed by atoms with Crippen molar-refractivity contribution in [1.82, 2.24) is 19.7 Å². The normalized spacial score (nSPS) is 15.4. The summed E-state index contributed by atoms with van der Waals surface area (Å²) >= 11 is 1.42. The Morgan fingerprint density at radius 1 is 1.06 bits per heavy atom. The lowest BCUT2D eigenvalue weighted by Crippen LogP contribution is -2.33. The van der Waals surface area contributed by atoms with Crippen LogP contribution in [0, 0.1) is 0 Å². The van der Waals surface area contributed by atoms with Gasteiger partial charge in [0.2, 0.25) is 5.91 Å². The molecule has 0 radical (unpaired) electrons. The summed E-state index contributed by atoms with van der Waals surface area (Å²) in [5, 5.41) is 12.8. The van der Waals surface area contributed by atoms with Gasteiger partial charge in [-0.1, -0.05) is 55.4 Å². The van der Waals surface area contributed by atoms with Crippen molar-refractivity contribution in [3.05, 3.63) is 66.0 Å². The third-order valence-electron chi connectivity index (χ3n) is 5.94. The summed E-state index contributed by atoms with van der Waals surface area (Å²) in [5.74, 6) is 1.16. The smallest absolute Gasteiger partial charge is 0.234 e. The minimum Gasteiger partial charge on any atom is -0.325 e. The molecule has 1 aliphatic heterocycles. The number of aryl methyl sites for hydroxylation is 1. The van der Waals surface area contributed by atoms with E-state index in [1.165, 1.54) is 36.6 Å². The molecular formula is C25H31N5OS. The first kappa shape index (κ1) is 22.6. The summed E-state index contributed by atoms with van der Waals surface area (Å²) in [6.45, 7) is 6.49. The first-order valence-electron chi connectivity index (χ1n) is 11.4. The van der Waals surface area contributed by atoms with Gasteiger partial charge in [0.1, 0.15) is 0 Å². The van der Waals surface area contributed by atoms with Crippen LogP contribution in [0.5, 0.6) is 0 Å². The number of hydrogen-bond donors (Lipinski definition) is 1. The van der Waals surface area contributed by atoms with Crippen LogP contribution in [0.1, 0.15) is 50.5 Å². The molecule has 3 aromatic rings. The van der Waals surface area contributed by atoms with Crippen LogP contribution in [-0.4, -0.2) is 44.4 Å². The molecule has 1 unspecified atom stereocenters. The molecule has 32 heavy (non-hydrogen) atoms. The Bertz CT molecular complexity index is 1030. The Morgan fingerprint density at radius 2 is 1.84 bits per heavy atom. The van der Waals surface area contributed by atoms with Crippen molar-refractivity contribution in [2.45, 2.75) is 50.7 Å². The summed E-state index contributed by atoms with van der Waals surface area (Å²) in [7, 11) is 0. The molecular weight excluding hydrogens is 418 g/mol. The largest absolute Gasteiger partial charge is 0.325 e. The Morgan fingerprint density at radius 3 is 2.59 bits per heavy atom. The van der Waals surface area contributed by atoms with E-state index in [1.807, 2.05) is 36.4 Å². The second kappa shape index (κ2) is 10.8. The number of carbonyl (C=O) groups is 1. The molecule has 4 rings (SSSR count). The van der Waals surface area contributed by atoms with Crippen LogP contribution in [0.3, 0.4) is 0 Å². The molecule has 1 aromatic heterocycles. The number of para-hydroxylation sites is 1. The van der Waals surface area contributed by atoms with Crippen molar-refractivity contribution in [1.29, 1.82) is 0 Å². The van der Waals surface area contributed by atoms with E-state index in [4.69, 9.17) is 0 Å². The lowest BCUT2D eigenvalue weighted by Gasteiger charge is -2.31. The summed E-state index contributed by atoms with van der Waals surface area (Å²) in [6, 6.07) is 18.3. The first-order valence-corrected chi connectivity index (χ1v) is 12.4. The average Bonchev–Trinajstić information content (AvgIpc) is 3.27. The molecule has 2 heterocycles. The van der Waals surface area contributed by atoms with Gasteiger partial charge in [-0.05, 0) is 69.1 Å². The monoisotopic (exact) mass is 449 g/mol. The van der Waals surface area contributed by atoms with Crippen molar-refractivity contribution in [2.75, 3.05) is 24.2 Å². The number of hydrogen-bond acceptors (Lipinski definition) is 5. The molecule has 7 heteroatoms. The van der Waals surface area contributed by atoms with Gasteiger partial charge in [0.15, 0.2) is 11.0 Å². The van der Waals surface area contributed by atoms with Gasteiger partial charge in [0.25, 0.3) is 0 Å². The lowest BCUT2D eigenvalue weighted by atomic mass is 10.1. The Kier molecular flexibility index (Phi) is 7.60. The molecule has 2 aromatic carbocycles. The van der Waals surface area contributed by atoms with Crippen molar-refractivity contribution in [2.24, 2.45) is 0 Å². The van der Waals surface area contributed by atoms with E-state index in [1.54, 1.807) is 0 Å². The summed E-state index contributed by atoms with van der Waals surface area (Å²) in [5.41, 5.74) is 3.06. The number of carbonyl (C=O) groups excluding carboxylic acids is 1. The highest BCUT2D eigenvalue weighted by Gasteiger charge is 2.25. The van der Waals surface area contributed by atoms with Gasteiger partial charge >= 0.3 is 0 Å². The fourth-order valence-corrected chi connectivity index (χ4v) is 4.89. The van der Waals surface area contributed by atoms with Crippen molar-refractivity contribution in [3.63, 3.8) is 0 Å². The SMILES string of the molecule is CCc1cccc(NC(=O)CSc2nnc(C(C)N3CCCCC3)n2-c2ccccc2)c1. The van der Waals surface area contributed by atoms with E-state index in [9.17, 15) is 4.79 Å². The molecule has 1 N–H and O–H groups in total. The zero-order valence-electron chi connectivity index (χ0n) is 18.8. The highest BCUT2D eigenvalue weighted by atomic mass is 32.2. The van der Waals surface area contributed by atoms with Crippen molar-refractivity contribution >= 4 is 23.4 Å². The van der Waals surface area contributed by atoms with Crippen molar-refractivity contribution in [3.8, 4) is 5.69 Å². The fraction of sp³-hybridized carbons (Fsp3) is 0.400. The van der Waals surface area contributed by atoms with Crippen LogP contribution in [0.15, 0.2) is 59.8 Å². The number of piperidine rings is 1. The van der Waals surface area contributed by atoms with Crippen LogP contribution in [0.2, 0.25) is 0 Å². The van der Waals surface area contributed by atoms with Gasteiger partial charge in [0.05, 0.1) is 11.8 Å². The third-order valence-corrected chi connectivity index (χ3v) is 6.87. The van der Waals surface area contributed by atoms with Gasteiger partial charge in [0, 0.05) is 11.4 Å². The quantitative estimate of drug-likeness (QED) is 0.484. The topological polar surface area (TPSA) is 63.1 Å². The number of aromatic nitrogens is 3. The van der Waals surface area contributed by atoms with Gasteiger partial charge in [-0.25, -0.2) is 0 Å². The van der Waals surface area contributed by atoms with Crippen LogP contribution < -0.4 is 5.32 Å². The average molecular weight is 450 g/mol. The molecule has 168 valence electrons.